The molecule has 1 saturated heterocycles. The third-order valence-corrected chi connectivity index (χ3v) is 6.33. The van der Waals surface area contributed by atoms with Crippen LogP contribution in [0, 0.1) is 11.8 Å². The molecule has 0 aromatic heterocycles. The van der Waals surface area contributed by atoms with Gasteiger partial charge in [-0.2, -0.15) is 13.2 Å². The van der Waals surface area contributed by atoms with Gasteiger partial charge in [0.25, 0.3) is 5.91 Å². The number of nitrogens with zero attached hydrogens (tertiary/aromatic N) is 1. The van der Waals surface area contributed by atoms with E-state index in [1.165, 1.54) is 49.6 Å². The van der Waals surface area contributed by atoms with Crippen molar-refractivity contribution in [2.75, 3.05) is 23.3 Å². The van der Waals surface area contributed by atoms with E-state index >= 15 is 0 Å². The smallest absolute Gasteiger partial charge is 0.416 e. The zero-order valence-corrected chi connectivity index (χ0v) is 16.6. The Kier molecular flexibility index (Phi) is 5.62. The van der Waals surface area contributed by atoms with Crippen molar-refractivity contribution >= 4 is 17.3 Å². The molecule has 1 saturated carbocycles. The molecule has 4 nitrogen and oxygen atoms in total. The highest BCUT2D eigenvalue weighted by molar-refractivity contribution is 6.06. The summed E-state index contributed by atoms with van der Waals surface area (Å²) in [5, 5.41) is 12.1. The van der Waals surface area contributed by atoms with Gasteiger partial charge in [0, 0.05) is 18.7 Å². The molecule has 0 unspecified atom stereocenters. The van der Waals surface area contributed by atoms with Crippen LogP contribution in [0.3, 0.4) is 0 Å². The van der Waals surface area contributed by atoms with Gasteiger partial charge in [0.05, 0.1) is 16.9 Å². The summed E-state index contributed by atoms with van der Waals surface area (Å²) in [6, 6.07) is 9.18. The molecule has 4 rings (SSSR count). The molecular weight excluding hydrogens is 393 g/mol. The first-order valence-electron chi connectivity index (χ1n) is 10.4. The van der Waals surface area contributed by atoms with Crippen LogP contribution in [0.4, 0.5) is 24.5 Å². The Labute approximate surface area is 173 Å². The van der Waals surface area contributed by atoms with Gasteiger partial charge in [-0.25, -0.2) is 0 Å². The predicted molar refractivity (Wildman–Crippen MR) is 110 cm³/mol. The van der Waals surface area contributed by atoms with Crippen molar-refractivity contribution < 1.29 is 23.1 Å². The van der Waals surface area contributed by atoms with Crippen molar-refractivity contribution in [3.05, 3.63) is 53.6 Å². The van der Waals surface area contributed by atoms with E-state index in [1.54, 1.807) is 0 Å². The average molecular weight is 418 g/mol. The summed E-state index contributed by atoms with van der Waals surface area (Å²) < 4.78 is 39.9. The fourth-order valence-electron chi connectivity index (χ4n) is 4.72. The summed E-state index contributed by atoms with van der Waals surface area (Å²) in [6.45, 7) is 1.58. The maximum Gasteiger partial charge on any atom is 0.416 e. The molecule has 30 heavy (non-hydrogen) atoms. The molecule has 1 aliphatic heterocycles. The third-order valence-electron chi connectivity index (χ3n) is 6.33. The number of carbonyl (C=O) groups excluding carboxylic acids is 1. The van der Waals surface area contributed by atoms with E-state index in [4.69, 9.17) is 0 Å². The topological polar surface area (TPSA) is 52.6 Å². The normalized spacial score (nSPS) is 21.8. The van der Waals surface area contributed by atoms with Crippen LogP contribution in [0.2, 0.25) is 0 Å². The fraction of sp³-hybridized carbons (Fsp3) is 0.435. The zero-order valence-electron chi connectivity index (χ0n) is 16.6. The number of alkyl halides is 3. The minimum absolute atomic E-state index is 0.0154. The third kappa shape index (κ3) is 4.40. The summed E-state index contributed by atoms with van der Waals surface area (Å²) in [5.74, 6) is 0.750. The van der Waals surface area contributed by atoms with Gasteiger partial charge in [0.15, 0.2) is 0 Å². The molecule has 2 aromatic rings. The SMILES string of the molecule is O=C(Nc1cc(C(F)(F)F)ccc1N1CC[C@@H]2CCCC[C@H]2C1)c1ccc(O)cc1. The standard InChI is InChI=1S/C23H25F3N2O2/c24-23(25,26)18-7-10-21(28-12-11-15-3-1-2-4-17(15)14-28)20(13-18)27-22(30)16-5-8-19(29)9-6-16/h5-10,13,15,17,29H,1-4,11-12,14H2,(H,27,30)/t15-,17-/m0/s1. The molecule has 1 amide bonds. The first-order valence-corrected chi connectivity index (χ1v) is 10.4. The van der Waals surface area contributed by atoms with Gasteiger partial charge in [-0.05, 0) is 67.1 Å². The van der Waals surface area contributed by atoms with Crippen LogP contribution in [-0.4, -0.2) is 24.1 Å². The lowest BCUT2D eigenvalue weighted by Gasteiger charge is -2.42. The van der Waals surface area contributed by atoms with E-state index < -0.39 is 17.6 Å². The van der Waals surface area contributed by atoms with Crippen LogP contribution < -0.4 is 10.2 Å². The minimum atomic E-state index is -4.49. The number of rotatable bonds is 3. The lowest BCUT2D eigenvalue weighted by molar-refractivity contribution is -0.137. The number of fused-ring (bicyclic) bond motifs is 1. The quantitative estimate of drug-likeness (QED) is 0.674. The molecule has 2 fully saturated rings. The van der Waals surface area contributed by atoms with Crippen molar-refractivity contribution in [1.29, 1.82) is 0 Å². The molecule has 0 bridgehead atoms. The number of phenolic OH excluding ortho intramolecular Hbond substituents is 1. The second kappa shape index (κ2) is 8.20. The van der Waals surface area contributed by atoms with E-state index in [2.05, 4.69) is 10.2 Å². The summed E-state index contributed by atoms with van der Waals surface area (Å²) >= 11 is 0. The molecule has 0 radical (unpaired) electrons. The van der Waals surface area contributed by atoms with Crippen molar-refractivity contribution in [1.82, 2.24) is 0 Å². The van der Waals surface area contributed by atoms with Crippen LogP contribution >= 0.6 is 0 Å². The Hall–Kier alpha value is -2.70. The van der Waals surface area contributed by atoms with E-state index in [1.807, 2.05) is 0 Å². The van der Waals surface area contributed by atoms with Crippen molar-refractivity contribution in [3.8, 4) is 5.75 Å². The van der Waals surface area contributed by atoms with Gasteiger partial charge in [0.1, 0.15) is 5.75 Å². The number of amides is 1. The highest BCUT2D eigenvalue weighted by Crippen LogP contribution is 2.41. The fourth-order valence-corrected chi connectivity index (χ4v) is 4.72. The minimum Gasteiger partial charge on any atom is -0.508 e. The molecule has 160 valence electrons. The maximum atomic E-state index is 13.3. The van der Waals surface area contributed by atoms with E-state index in [9.17, 15) is 23.1 Å². The number of nitrogens with one attached hydrogen (secondary N) is 1. The molecule has 2 N–H and O–H groups in total. The second-order valence-electron chi connectivity index (χ2n) is 8.27. The van der Waals surface area contributed by atoms with Gasteiger partial charge in [0.2, 0.25) is 0 Å². The maximum absolute atomic E-state index is 13.3. The number of piperidine rings is 1. The molecule has 2 atom stereocenters. The van der Waals surface area contributed by atoms with Crippen LogP contribution in [0.15, 0.2) is 42.5 Å². The molecule has 0 spiro atoms. The van der Waals surface area contributed by atoms with Crippen molar-refractivity contribution in [3.63, 3.8) is 0 Å². The average Bonchev–Trinajstić information content (AvgIpc) is 2.73. The Balaban J connectivity index is 1.62. The Morgan fingerprint density at radius 2 is 1.70 bits per heavy atom. The Morgan fingerprint density at radius 3 is 2.40 bits per heavy atom. The number of phenols is 1. The van der Waals surface area contributed by atoms with Crippen LogP contribution in [0.25, 0.3) is 0 Å². The Bertz CT molecular complexity index is 912. The largest absolute Gasteiger partial charge is 0.508 e. The monoisotopic (exact) mass is 418 g/mol. The highest BCUT2D eigenvalue weighted by atomic mass is 19.4. The number of anilines is 2. The number of benzene rings is 2. The van der Waals surface area contributed by atoms with Gasteiger partial charge in [-0.1, -0.05) is 19.3 Å². The first-order chi connectivity index (χ1) is 14.3. The van der Waals surface area contributed by atoms with Crippen LogP contribution in [0.5, 0.6) is 5.75 Å². The van der Waals surface area contributed by atoms with Crippen molar-refractivity contribution in [2.45, 2.75) is 38.3 Å². The van der Waals surface area contributed by atoms with E-state index in [0.717, 1.165) is 38.1 Å². The zero-order chi connectivity index (χ0) is 21.3. The van der Waals surface area contributed by atoms with Crippen molar-refractivity contribution in [2.24, 2.45) is 11.8 Å². The van der Waals surface area contributed by atoms with Gasteiger partial charge < -0.3 is 15.3 Å². The number of hydrogen-bond acceptors (Lipinski definition) is 3. The van der Waals surface area contributed by atoms with E-state index in [0.29, 0.717) is 17.5 Å². The number of aromatic hydroxyl groups is 1. The summed E-state index contributed by atoms with van der Waals surface area (Å²) in [4.78, 5) is 14.8. The van der Waals surface area contributed by atoms with Gasteiger partial charge >= 0.3 is 6.18 Å². The lowest BCUT2D eigenvalue weighted by atomic mass is 9.75. The second-order valence-corrected chi connectivity index (χ2v) is 8.27. The lowest BCUT2D eigenvalue weighted by Crippen LogP contribution is -2.42. The van der Waals surface area contributed by atoms with Crippen LogP contribution in [0.1, 0.15) is 48.0 Å². The molecule has 1 heterocycles. The number of hydrogen-bond donors (Lipinski definition) is 2. The van der Waals surface area contributed by atoms with Gasteiger partial charge in [-0.15, -0.1) is 0 Å². The van der Waals surface area contributed by atoms with Gasteiger partial charge in [-0.3, -0.25) is 4.79 Å². The van der Waals surface area contributed by atoms with E-state index in [-0.39, 0.29) is 17.0 Å². The highest BCUT2D eigenvalue weighted by Gasteiger charge is 2.34. The summed E-state index contributed by atoms with van der Waals surface area (Å²) in [7, 11) is 0. The van der Waals surface area contributed by atoms with Crippen LogP contribution in [-0.2, 0) is 6.18 Å². The predicted octanol–water partition coefficient (Wildman–Crippen LogP) is 5.68. The molecule has 1 aliphatic carbocycles. The molecule has 2 aliphatic rings. The first kappa shape index (κ1) is 20.6. The summed E-state index contributed by atoms with van der Waals surface area (Å²) in [5.41, 5.74) is 0.262. The molecular formula is C23H25F3N2O2. The summed E-state index contributed by atoms with van der Waals surface area (Å²) in [6.07, 6.45) is 1.37. The molecule has 2 aromatic carbocycles. The number of halogens is 3. The Morgan fingerprint density at radius 1 is 1.00 bits per heavy atom. The molecule has 7 heteroatoms. The number of carbonyl (C=O) groups is 1.